The number of amides is 2. The highest BCUT2D eigenvalue weighted by molar-refractivity contribution is 8.00. The van der Waals surface area contributed by atoms with Crippen molar-refractivity contribution in [3.63, 3.8) is 0 Å². The molecular formula is C17H21N3O2S. The summed E-state index contributed by atoms with van der Waals surface area (Å²) in [5.74, 6) is 0.0616. The fourth-order valence-corrected chi connectivity index (χ4v) is 3.41. The van der Waals surface area contributed by atoms with Crippen LogP contribution >= 0.6 is 11.8 Å². The highest BCUT2D eigenvalue weighted by atomic mass is 32.2. The lowest BCUT2D eigenvalue weighted by atomic mass is 9.83. The third kappa shape index (κ3) is 5.29. The maximum absolute atomic E-state index is 12.1. The van der Waals surface area contributed by atoms with Gasteiger partial charge in [0.2, 0.25) is 11.8 Å². The number of hydrogen-bond donors (Lipinski definition) is 2. The standard InChI is InChI=1S/C17H21N3O2S/c1-13(21)19-14-5-7-15(8-6-14)23-11-16(22)20-17(12-18)9-3-2-4-10-17/h5-8H,2-4,9-11H2,1H3,(H,19,21)(H,20,22). The monoisotopic (exact) mass is 331 g/mol. The molecule has 23 heavy (non-hydrogen) atoms. The number of carbonyl (C=O) groups excluding carboxylic acids is 2. The summed E-state index contributed by atoms with van der Waals surface area (Å²) in [7, 11) is 0. The summed E-state index contributed by atoms with van der Waals surface area (Å²) < 4.78 is 0. The molecule has 1 aromatic rings. The van der Waals surface area contributed by atoms with Crippen LogP contribution in [0.5, 0.6) is 0 Å². The Labute approximate surface area is 140 Å². The molecule has 0 heterocycles. The first-order valence-corrected chi connectivity index (χ1v) is 8.74. The van der Waals surface area contributed by atoms with Gasteiger partial charge in [0.15, 0.2) is 0 Å². The number of nitriles is 1. The molecule has 1 fully saturated rings. The van der Waals surface area contributed by atoms with E-state index in [1.807, 2.05) is 12.1 Å². The normalized spacial score (nSPS) is 16.2. The zero-order chi connectivity index (χ0) is 16.7. The Bertz CT molecular complexity index is 601. The summed E-state index contributed by atoms with van der Waals surface area (Å²) in [6, 6.07) is 9.63. The molecule has 0 saturated heterocycles. The number of hydrogen-bond acceptors (Lipinski definition) is 4. The van der Waals surface area contributed by atoms with Gasteiger partial charge in [-0.05, 0) is 37.1 Å². The minimum absolute atomic E-state index is 0.107. The van der Waals surface area contributed by atoms with Crippen molar-refractivity contribution in [2.75, 3.05) is 11.1 Å². The second kappa shape index (κ2) is 8.02. The van der Waals surface area contributed by atoms with Crippen molar-refractivity contribution in [2.24, 2.45) is 0 Å². The minimum atomic E-state index is -0.675. The number of rotatable bonds is 5. The van der Waals surface area contributed by atoms with Gasteiger partial charge < -0.3 is 10.6 Å². The Balaban J connectivity index is 1.84. The third-order valence-electron chi connectivity index (χ3n) is 3.84. The molecule has 0 unspecified atom stereocenters. The van der Waals surface area contributed by atoms with Crippen LogP contribution in [0.2, 0.25) is 0 Å². The molecule has 1 aliphatic rings. The Hall–Kier alpha value is -2.00. The van der Waals surface area contributed by atoms with E-state index in [0.29, 0.717) is 0 Å². The van der Waals surface area contributed by atoms with Crippen LogP contribution in [0, 0.1) is 11.3 Å². The first-order valence-electron chi connectivity index (χ1n) is 7.76. The first kappa shape index (κ1) is 17.4. The van der Waals surface area contributed by atoms with Crippen LogP contribution in [-0.4, -0.2) is 23.1 Å². The SMILES string of the molecule is CC(=O)Nc1ccc(SCC(=O)NC2(C#N)CCCCC2)cc1. The molecule has 1 aliphatic carbocycles. The molecule has 2 rings (SSSR count). The van der Waals surface area contributed by atoms with Gasteiger partial charge in [-0.15, -0.1) is 11.8 Å². The van der Waals surface area contributed by atoms with Gasteiger partial charge in [0.25, 0.3) is 0 Å². The van der Waals surface area contributed by atoms with Gasteiger partial charge in [-0.1, -0.05) is 19.3 Å². The quantitative estimate of drug-likeness (QED) is 0.812. The van der Waals surface area contributed by atoms with Crippen molar-refractivity contribution < 1.29 is 9.59 Å². The van der Waals surface area contributed by atoms with Crippen LogP contribution in [0.1, 0.15) is 39.0 Å². The third-order valence-corrected chi connectivity index (χ3v) is 4.86. The van der Waals surface area contributed by atoms with Gasteiger partial charge in [-0.3, -0.25) is 9.59 Å². The Morgan fingerprint density at radius 2 is 1.87 bits per heavy atom. The average molecular weight is 331 g/mol. The lowest BCUT2D eigenvalue weighted by Crippen LogP contribution is -2.49. The van der Waals surface area contributed by atoms with Crippen molar-refractivity contribution in [2.45, 2.75) is 49.5 Å². The first-order chi connectivity index (χ1) is 11.0. The summed E-state index contributed by atoms with van der Waals surface area (Å²) in [5.41, 5.74) is 0.0578. The second-order valence-electron chi connectivity index (χ2n) is 5.80. The fraction of sp³-hybridized carbons (Fsp3) is 0.471. The predicted molar refractivity (Wildman–Crippen MR) is 91.0 cm³/mol. The van der Waals surface area contributed by atoms with Gasteiger partial charge in [0, 0.05) is 17.5 Å². The van der Waals surface area contributed by atoms with Gasteiger partial charge in [-0.25, -0.2) is 0 Å². The molecule has 1 aromatic carbocycles. The Morgan fingerprint density at radius 1 is 1.22 bits per heavy atom. The number of nitrogens with one attached hydrogen (secondary N) is 2. The van der Waals surface area contributed by atoms with E-state index in [1.54, 1.807) is 12.1 Å². The van der Waals surface area contributed by atoms with Gasteiger partial charge in [-0.2, -0.15) is 5.26 Å². The van der Waals surface area contributed by atoms with Crippen LogP contribution in [0.15, 0.2) is 29.2 Å². The molecular weight excluding hydrogens is 310 g/mol. The van der Waals surface area contributed by atoms with E-state index in [4.69, 9.17) is 0 Å². The summed E-state index contributed by atoms with van der Waals surface area (Å²) in [6.45, 7) is 1.46. The molecule has 2 amide bonds. The topological polar surface area (TPSA) is 82.0 Å². The van der Waals surface area contributed by atoms with Gasteiger partial charge >= 0.3 is 0 Å². The number of carbonyl (C=O) groups is 2. The van der Waals surface area contributed by atoms with Crippen LogP contribution in [0.3, 0.4) is 0 Å². The van der Waals surface area contributed by atoms with E-state index in [9.17, 15) is 14.9 Å². The van der Waals surface area contributed by atoms with Crippen molar-refractivity contribution >= 4 is 29.3 Å². The molecule has 0 aliphatic heterocycles. The van der Waals surface area contributed by atoms with Gasteiger partial charge in [0.1, 0.15) is 5.54 Å². The highest BCUT2D eigenvalue weighted by Crippen LogP contribution is 2.28. The predicted octanol–water partition coefficient (Wildman–Crippen LogP) is 3.08. The lowest BCUT2D eigenvalue weighted by molar-refractivity contribution is -0.120. The lowest BCUT2D eigenvalue weighted by Gasteiger charge is -2.31. The largest absolute Gasteiger partial charge is 0.337 e. The Morgan fingerprint density at radius 3 is 2.43 bits per heavy atom. The van der Waals surface area contributed by atoms with E-state index < -0.39 is 5.54 Å². The zero-order valence-corrected chi connectivity index (χ0v) is 14.0. The molecule has 2 N–H and O–H groups in total. The number of thioether (sulfide) groups is 1. The van der Waals surface area contributed by atoms with E-state index in [-0.39, 0.29) is 17.6 Å². The highest BCUT2D eigenvalue weighted by Gasteiger charge is 2.33. The van der Waals surface area contributed by atoms with E-state index in [2.05, 4.69) is 16.7 Å². The molecule has 5 nitrogen and oxygen atoms in total. The molecule has 0 radical (unpaired) electrons. The minimum Gasteiger partial charge on any atom is -0.337 e. The molecule has 0 bridgehead atoms. The summed E-state index contributed by atoms with van der Waals surface area (Å²) >= 11 is 1.42. The molecule has 0 atom stereocenters. The maximum Gasteiger partial charge on any atom is 0.231 e. The van der Waals surface area contributed by atoms with E-state index >= 15 is 0 Å². The maximum atomic E-state index is 12.1. The van der Waals surface area contributed by atoms with Crippen LogP contribution in [0.4, 0.5) is 5.69 Å². The van der Waals surface area contributed by atoms with Crippen LogP contribution in [0.25, 0.3) is 0 Å². The molecule has 122 valence electrons. The average Bonchev–Trinajstić information content (AvgIpc) is 2.54. The Kier molecular flexibility index (Phi) is 6.05. The molecule has 0 spiro atoms. The smallest absolute Gasteiger partial charge is 0.231 e. The summed E-state index contributed by atoms with van der Waals surface area (Å²) in [6.07, 6.45) is 4.60. The van der Waals surface area contributed by atoms with Crippen molar-refractivity contribution in [1.29, 1.82) is 5.26 Å². The van der Waals surface area contributed by atoms with Crippen molar-refractivity contribution in [3.8, 4) is 6.07 Å². The van der Waals surface area contributed by atoms with Crippen molar-refractivity contribution in [3.05, 3.63) is 24.3 Å². The molecule has 1 saturated carbocycles. The summed E-state index contributed by atoms with van der Waals surface area (Å²) in [4.78, 5) is 24.0. The number of nitrogens with zero attached hydrogens (tertiary/aromatic N) is 1. The van der Waals surface area contributed by atoms with E-state index in [1.165, 1.54) is 18.7 Å². The van der Waals surface area contributed by atoms with Crippen LogP contribution < -0.4 is 10.6 Å². The molecule has 0 aromatic heterocycles. The zero-order valence-electron chi connectivity index (χ0n) is 13.2. The van der Waals surface area contributed by atoms with Gasteiger partial charge in [0.05, 0.1) is 11.8 Å². The number of anilines is 1. The van der Waals surface area contributed by atoms with E-state index in [0.717, 1.165) is 42.7 Å². The number of benzene rings is 1. The molecule has 6 heteroatoms. The van der Waals surface area contributed by atoms with Crippen LogP contribution in [-0.2, 0) is 9.59 Å². The van der Waals surface area contributed by atoms with Crippen molar-refractivity contribution in [1.82, 2.24) is 5.32 Å². The second-order valence-corrected chi connectivity index (χ2v) is 6.85. The summed E-state index contributed by atoms with van der Waals surface area (Å²) in [5, 5.41) is 15.0. The fourth-order valence-electron chi connectivity index (χ4n) is 2.71.